The van der Waals surface area contributed by atoms with Crippen molar-refractivity contribution in [2.45, 2.75) is 111 Å². The summed E-state index contributed by atoms with van der Waals surface area (Å²) >= 11 is 0. The maximum absolute atomic E-state index is 12.7. The van der Waals surface area contributed by atoms with Gasteiger partial charge in [0, 0.05) is 25.4 Å². The van der Waals surface area contributed by atoms with E-state index in [-0.39, 0.29) is 28.8 Å². The third-order valence-electron chi connectivity index (χ3n) is 11.5. The molecular weight excluding hydrogens is 434 g/mol. The number of likely N-dealkylation sites (tertiary alicyclic amines) is 1. The Morgan fingerprint density at radius 3 is 2.57 bits per heavy atom. The number of carbonyl (C=O) groups excluding carboxylic acids is 2. The van der Waals surface area contributed by atoms with Crippen molar-refractivity contribution in [1.82, 2.24) is 4.90 Å². The molecule has 5 aliphatic rings. The van der Waals surface area contributed by atoms with Gasteiger partial charge in [0.15, 0.2) is 0 Å². The van der Waals surface area contributed by atoms with E-state index in [1.54, 1.807) is 5.57 Å². The van der Waals surface area contributed by atoms with Crippen molar-refractivity contribution in [3.8, 4) is 0 Å². The Labute approximate surface area is 213 Å². The maximum Gasteiger partial charge on any atom is 0.307 e. The van der Waals surface area contributed by atoms with E-state index in [4.69, 9.17) is 4.74 Å². The number of allylic oxidation sites excluding steroid dienone is 1. The van der Waals surface area contributed by atoms with Crippen LogP contribution in [0.3, 0.4) is 0 Å². The molecule has 4 fully saturated rings. The highest BCUT2D eigenvalue weighted by atomic mass is 16.5. The third-order valence-corrected chi connectivity index (χ3v) is 11.5. The van der Waals surface area contributed by atoms with Gasteiger partial charge < -0.3 is 9.64 Å². The first-order chi connectivity index (χ1) is 16.5. The minimum absolute atomic E-state index is 0.00840. The van der Waals surface area contributed by atoms with Gasteiger partial charge in [-0.05, 0) is 105 Å². The monoisotopic (exact) mass is 483 g/mol. The zero-order valence-corrected chi connectivity index (χ0v) is 23.0. The predicted molar refractivity (Wildman–Crippen MR) is 140 cm³/mol. The number of ketones is 1. The van der Waals surface area contributed by atoms with Crippen LogP contribution >= 0.6 is 0 Å². The highest BCUT2D eigenvalue weighted by Crippen LogP contribution is 2.66. The van der Waals surface area contributed by atoms with Crippen LogP contribution in [0.15, 0.2) is 11.6 Å². The summed E-state index contributed by atoms with van der Waals surface area (Å²) in [5, 5.41) is 0. The molecule has 4 heteroatoms. The van der Waals surface area contributed by atoms with E-state index in [1.165, 1.54) is 32.1 Å². The number of Topliss-reactive ketones (excluding diaryl/α,β-unsaturated/α-hetero) is 1. The lowest BCUT2D eigenvalue weighted by atomic mass is 9.47. The van der Waals surface area contributed by atoms with Gasteiger partial charge in [-0.3, -0.25) is 9.59 Å². The molecule has 1 saturated heterocycles. The number of carbonyl (C=O) groups is 2. The van der Waals surface area contributed by atoms with Crippen molar-refractivity contribution in [3.05, 3.63) is 11.6 Å². The molecule has 0 aromatic carbocycles. The Hall–Kier alpha value is -1.16. The van der Waals surface area contributed by atoms with Crippen LogP contribution < -0.4 is 0 Å². The van der Waals surface area contributed by atoms with Crippen LogP contribution in [0.2, 0.25) is 0 Å². The third kappa shape index (κ3) is 4.66. The summed E-state index contributed by atoms with van der Waals surface area (Å²) in [7, 11) is 0. The molecule has 4 aliphatic carbocycles. The summed E-state index contributed by atoms with van der Waals surface area (Å²) in [5.41, 5.74) is 2.39. The number of hydrogen-bond acceptors (Lipinski definition) is 4. The topological polar surface area (TPSA) is 46.6 Å². The molecule has 0 unspecified atom stereocenters. The minimum atomic E-state index is -0.00840. The van der Waals surface area contributed by atoms with Gasteiger partial charge in [0.25, 0.3) is 0 Å². The first-order valence-corrected chi connectivity index (χ1v) is 14.6. The quantitative estimate of drug-likeness (QED) is 0.327. The molecule has 0 bridgehead atoms. The summed E-state index contributed by atoms with van der Waals surface area (Å²) in [4.78, 5) is 27.6. The molecule has 7 atom stereocenters. The second-order valence-corrected chi connectivity index (χ2v) is 14.2. The molecule has 4 nitrogen and oxygen atoms in total. The standard InChI is InChI=1S/C31H49NO3/c1-21(33)25-9-10-26-24-8-7-22-19-23(11-15-30(22,4)27(24)12-16-31(25,26)5)35-28(34)13-18-32-17-6-14-29(2,3)20-32/h7,23-27H,6,8-20H2,1-5H3/t23-,24-,25-,26-,27-,30-,31+/m0/s1. The van der Waals surface area contributed by atoms with Crippen LogP contribution in [0.1, 0.15) is 105 Å². The number of esters is 1. The van der Waals surface area contributed by atoms with E-state index in [1.807, 2.05) is 6.92 Å². The number of piperidine rings is 1. The second-order valence-electron chi connectivity index (χ2n) is 14.2. The molecule has 3 saturated carbocycles. The van der Waals surface area contributed by atoms with Gasteiger partial charge in [0.05, 0.1) is 6.42 Å². The summed E-state index contributed by atoms with van der Waals surface area (Å²) in [5.74, 6) is 2.83. The highest BCUT2D eigenvalue weighted by molar-refractivity contribution is 5.79. The number of fused-ring (bicyclic) bond motifs is 5. The Morgan fingerprint density at radius 1 is 1.03 bits per heavy atom. The summed E-state index contributed by atoms with van der Waals surface area (Å²) < 4.78 is 6.05. The van der Waals surface area contributed by atoms with E-state index in [2.05, 4.69) is 38.7 Å². The number of nitrogens with zero attached hydrogens (tertiary/aromatic N) is 1. The van der Waals surface area contributed by atoms with E-state index in [0.29, 0.717) is 23.5 Å². The summed E-state index contributed by atoms with van der Waals surface area (Å²) in [6.45, 7) is 14.5. The van der Waals surface area contributed by atoms with Crippen molar-refractivity contribution in [2.24, 2.45) is 39.9 Å². The largest absolute Gasteiger partial charge is 0.462 e. The van der Waals surface area contributed by atoms with Gasteiger partial charge in [-0.2, -0.15) is 0 Å². The fourth-order valence-corrected chi connectivity index (χ4v) is 9.63. The van der Waals surface area contributed by atoms with Crippen LogP contribution in [0, 0.1) is 39.9 Å². The number of rotatable bonds is 5. The average Bonchev–Trinajstić information content (AvgIpc) is 3.15. The minimum Gasteiger partial charge on any atom is -0.462 e. The van der Waals surface area contributed by atoms with Crippen LogP contribution in [-0.2, 0) is 14.3 Å². The Morgan fingerprint density at radius 2 is 1.83 bits per heavy atom. The molecule has 5 rings (SSSR count). The van der Waals surface area contributed by atoms with Crippen LogP contribution in [0.25, 0.3) is 0 Å². The van der Waals surface area contributed by atoms with E-state index in [9.17, 15) is 9.59 Å². The first-order valence-electron chi connectivity index (χ1n) is 14.6. The Balaban J connectivity index is 1.19. The first kappa shape index (κ1) is 25.5. The second kappa shape index (κ2) is 9.30. The molecule has 0 N–H and O–H groups in total. The lowest BCUT2D eigenvalue weighted by Crippen LogP contribution is -2.51. The Bertz CT molecular complexity index is 876. The van der Waals surface area contributed by atoms with Gasteiger partial charge in [0.2, 0.25) is 0 Å². The molecule has 0 amide bonds. The molecule has 1 heterocycles. The number of hydrogen-bond donors (Lipinski definition) is 0. The van der Waals surface area contributed by atoms with Gasteiger partial charge >= 0.3 is 5.97 Å². The fraction of sp³-hybridized carbons (Fsp3) is 0.871. The molecule has 35 heavy (non-hydrogen) atoms. The normalized spacial score (nSPS) is 42.9. The van der Waals surface area contributed by atoms with Crippen LogP contribution in [0.5, 0.6) is 0 Å². The van der Waals surface area contributed by atoms with E-state index in [0.717, 1.165) is 63.6 Å². The van der Waals surface area contributed by atoms with Gasteiger partial charge in [-0.15, -0.1) is 0 Å². The number of ether oxygens (including phenoxy) is 1. The van der Waals surface area contributed by atoms with Gasteiger partial charge in [-0.25, -0.2) is 0 Å². The average molecular weight is 484 g/mol. The van der Waals surface area contributed by atoms with Crippen molar-refractivity contribution in [3.63, 3.8) is 0 Å². The van der Waals surface area contributed by atoms with Crippen molar-refractivity contribution in [2.75, 3.05) is 19.6 Å². The lowest BCUT2D eigenvalue weighted by Gasteiger charge is -2.58. The predicted octanol–water partition coefficient (Wildman–Crippen LogP) is 6.58. The molecule has 1 aliphatic heterocycles. The SMILES string of the molecule is CC(=O)[C@@H]1CC[C@H]2[C@@H]3CC=C4C[C@@H](OC(=O)CCN5CCCC(C)(C)C5)CC[C@]4(C)[C@H]3CC[C@]12C. The molecule has 0 radical (unpaired) electrons. The lowest BCUT2D eigenvalue weighted by molar-refractivity contribution is -0.152. The van der Waals surface area contributed by atoms with E-state index < -0.39 is 0 Å². The zero-order chi connectivity index (χ0) is 25.0. The van der Waals surface area contributed by atoms with E-state index >= 15 is 0 Å². The molecule has 196 valence electrons. The van der Waals surface area contributed by atoms with Crippen LogP contribution in [-0.4, -0.2) is 42.4 Å². The highest BCUT2D eigenvalue weighted by Gasteiger charge is 2.59. The smallest absolute Gasteiger partial charge is 0.307 e. The van der Waals surface area contributed by atoms with Crippen LogP contribution in [0.4, 0.5) is 0 Å². The summed E-state index contributed by atoms with van der Waals surface area (Å²) in [6.07, 6.45) is 14.6. The molecular formula is C31H49NO3. The van der Waals surface area contributed by atoms with Crippen molar-refractivity contribution < 1.29 is 14.3 Å². The molecule has 0 aromatic heterocycles. The molecule has 0 aromatic rings. The maximum atomic E-state index is 12.7. The van der Waals surface area contributed by atoms with Crippen molar-refractivity contribution >= 4 is 11.8 Å². The summed E-state index contributed by atoms with van der Waals surface area (Å²) in [6, 6.07) is 0. The van der Waals surface area contributed by atoms with Gasteiger partial charge in [-0.1, -0.05) is 39.3 Å². The van der Waals surface area contributed by atoms with Crippen molar-refractivity contribution in [1.29, 1.82) is 0 Å². The van der Waals surface area contributed by atoms with Gasteiger partial charge in [0.1, 0.15) is 11.9 Å². The zero-order valence-electron chi connectivity index (χ0n) is 23.0. The Kier molecular flexibility index (Phi) is 6.77. The fourth-order valence-electron chi connectivity index (χ4n) is 9.63. The molecule has 0 spiro atoms.